The second-order valence-electron chi connectivity index (χ2n) is 5.61. The zero-order valence-corrected chi connectivity index (χ0v) is 14.0. The molecule has 0 aliphatic heterocycles. The third-order valence-corrected chi connectivity index (χ3v) is 3.95. The molecular formula is C19H15N5O2. The number of fused-ring (bicyclic) bond motifs is 1. The zero-order valence-electron chi connectivity index (χ0n) is 14.0. The van der Waals surface area contributed by atoms with Crippen LogP contribution in [-0.2, 0) is 0 Å². The molecule has 26 heavy (non-hydrogen) atoms. The molecule has 7 nitrogen and oxygen atoms in total. The van der Waals surface area contributed by atoms with Crippen LogP contribution in [0.2, 0.25) is 0 Å². The van der Waals surface area contributed by atoms with Crippen molar-refractivity contribution in [3.63, 3.8) is 0 Å². The predicted molar refractivity (Wildman–Crippen MR) is 97.6 cm³/mol. The van der Waals surface area contributed by atoms with Crippen molar-refractivity contribution in [3.05, 3.63) is 72.9 Å². The van der Waals surface area contributed by atoms with Crippen LogP contribution < -0.4 is 10.1 Å². The number of methoxy groups -OCH3 is 1. The molecule has 4 rings (SSSR count). The number of aromatic nitrogens is 4. The first-order valence-corrected chi connectivity index (χ1v) is 7.95. The summed E-state index contributed by atoms with van der Waals surface area (Å²) in [6.45, 7) is 0. The van der Waals surface area contributed by atoms with Gasteiger partial charge in [-0.25, -0.2) is 4.98 Å². The van der Waals surface area contributed by atoms with E-state index in [2.05, 4.69) is 20.5 Å². The highest BCUT2D eigenvalue weighted by Crippen LogP contribution is 2.24. The smallest absolute Gasteiger partial charge is 0.274 e. The molecule has 0 unspecified atom stereocenters. The van der Waals surface area contributed by atoms with Gasteiger partial charge in [0.15, 0.2) is 0 Å². The fraction of sp³-hybridized carbons (Fsp3) is 0.0526. The average Bonchev–Trinajstić information content (AvgIpc) is 3.22. The second kappa shape index (κ2) is 6.64. The molecule has 1 amide bonds. The monoisotopic (exact) mass is 345 g/mol. The van der Waals surface area contributed by atoms with Crippen LogP contribution in [0.1, 0.15) is 10.5 Å². The van der Waals surface area contributed by atoms with Crippen molar-refractivity contribution < 1.29 is 9.53 Å². The van der Waals surface area contributed by atoms with E-state index in [1.54, 1.807) is 30.4 Å². The Balaban J connectivity index is 1.65. The van der Waals surface area contributed by atoms with Crippen molar-refractivity contribution in [1.82, 2.24) is 19.7 Å². The van der Waals surface area contributed by atoms with Crippen LogP contribution in [0, 0.1) is 0 Å². The van der Waals surface area contributed by atoms with Crippen LogP contribution in [0.4, 0.5) is 5.69 Å². The van der Waals surface area contributed by atoms with Crippen molar-refractivity contribution in [1.29, 1.82) is 0 Å². The lowest BCUT2D eigenvalue weighted by atomic mass is 10.1. The maximum Gasteiger partial charge on any atom is 0.274 e. The molecule has 2 aromatic heterocycles. The van der Waals surface area contributed by atoms with Crippen molar-refractivity contribution in [2.45, 2.75) is 0 Å². The Morgan fingerprint density at radius 2 is 1.85 bits per heavy atom. The lowest BCUT2D eigenvalue weighted by Gasteiger charge is -2.10. The first-order valence-electron chi connectivity index (χ1n) is 7.95. The molecule has 0 aliphatic rings. The van der Waals surface area contributed by atoms with Crippen LogP contribution in [-0.4, -0.2) is 32.8 Å². The molecule has 0 bridgehead atoms. The first kappa shape index (κ1) is 15.8. The third-order valence-electron chi connectivity index (χ3n) is 3.95. The van der Waals surface area contributed by atoms with Gasteiger partial charge >= 0.3 is 0 Å². The third kappa shape index (κ3) is 2.98. The Hall–Kier alpha value is -3.74. The number of pyridine rings is 1. The van der Waals surface area contributed by atoms with Gasteiger partial charge in [-0.05, 0) is 35.7 Å². The summed E-state index contributed by atoms with van der Waals surface area (Å²) in [4.78, 5) is 17.0. The molecular weight excluding hydrogens is 330 g/mol. The minimum absolute atomic E-state index is 0.287. The van der Waals surface area contributed by atoms with E-state index in [4.69, 9.17) is 4.74 Å². The summed E-state index contributed by atoms with van der Waals surface area (Å²) in [6.07, 6.45) is 3.19. The Bertz CT molecular complexity index is 1080. The van der Waals surface area contributed by atoms with E-state index in [0.29, 0.717) is 11.6 Å². The van der Waals surface area contributed by atoms with Crippen molar-refractivity contribution in [3.8, 4) is 11.6 Å². The number of carbonyl (C=O) groups excluding carboxylic acids is 1. The number of hydrogen-bond acceptors (Lipinski definition) is 5. The van der Waals surface area contributed by atoms with Gasteiger partial charge in [0, 0.05) is 11.1 Å². The summed E-state index contributed by atoms with van der Waals surface area (Å²) in [5, 5.41) is 12.2. The van der Waals surface area contributed by atoms with Crippen LogP contribution >= 0.6 is 0 Å². The summed E-state index contributed by atoms with van der Waals surface area (Å²) in [5.41, 5.74) is 1.78. The topological polar surface area (TPSA) is 81.9 Å². The fourth-order valence-electron chi connectivity index (χ4n) is 2.71. The fourth-order valence-corrected chi connectivity index (χ4v) is 2.71. The summed E-state index contributed by atoms with van der Waals surface area (Å²) in [6, 6.07) is 16.8. The van der Waals surface area contributed by atoms with Crippen LogP contribution in [0.3, 0.4) is 0 Å². The number of benzene rings is 2. The number of nitrogens with one attached hydrogen (secondary N) is 1. The van der Waals surface area contributed by atoms with Gasteiger partial charge in [-0.15, -0.1) is 10.2 Å². The van der Waals surface area contributed by atoms with E-state index < -0.39 is 0 Å². The molecule has 0 aliphatic carbocycles. The van der Waals surface area contributed by atoms with Crippen LogP contribution in [0.5, 0.6) is 5.88 Å². The summed E-state index contributed by atoms with van der Waals surface area (Å²) < 4.78 is 7.09. The van der Waals surface area contributed by atoms with Gasteiger partial charge < -0.3 is 10.1 Å². The number of anilines is 1. The molecule has 0 atom stereocenters. The standard InChI is InChI=1S/C19H15N5O2/c1-26-19-16-8-3-2-5-13(16)9-17(23-19)18(25)22-14-6-4-7-15(10-14)24-11-20-21-12-24/h2-12H,1H3,(H,22,25). The van der Waals surface area contributed by atoms with Crippen molar-refractivity contribution in [2.24, 2.45) is 0 Å². The minimum atomic E-state index is -0.310. The summed E-state index contributed by atoms with van der Waals surface area (Å²) in [5.74, 6) is 0.112. The number of ether oxygens (including phenoxy) is 1. The zero-order chi connectivity index (χ0) is 17.9. The molecule has 2 heterocycles. The molecule has 0 saturated heterocycles. The van der Waals surface area contributed by atoms with E-state index >= 15 is 0 Å². The van der Waals surface area contributed by atoms with Crippen molar-refractivity contribution >= 4 is 22.4 Å². The van der Waals surface area contributed by atoms with Crippen molar-refractivity contribution in [2.75, 3.05) is 12.4 Å². The molecule has 0 saturated carbocycles. The highest BCUT2D eigenvalue weighted by molar-refractivity contribution is 6.05. The molecule has 4 aromatic rings. The Kier molecular flexibility index (Phi) is 4.03. The van der Waals surface area contributed by atoms with E-state index in [0.717, 1.165) is 16.5 Å². The number of amides is 1. The van der Waals surface area contributed by atoms with E-state index in [-0.39, 0.29) is 11.6 Å². The van der Waals surface area contributed by atoms with Gasteiger partial charge in [0.25, 0.3) is 5.91 Å². The van der Waals surface area contributed by atoms with Gasteiger partial charge in [-0.1, -0.05) is 24.3 Å². The molecule has 2 aromatic carbocycles. The molecule has 0 fully saturated rings. The Labute approximate surface area is 149 Å². The Morgan fingerprint density at radius 1 is 1.04 bits per heavy atom. The SMILES string of the molecule is COc1nc(C(=O)Nc2cccc(-n3cnnc3)c2)cc2ccccc12. The number of hydrogen-bond donors (Lipinski definition) is 1. The van der Waals surface area contributed by atoms with Gasteiger partial charge in [0.1, 0.15) is 18.3 Å². The highest BCUT2D eigenvalue weighted by Gasteiger charge is 2.13. The first-order chi connectivity index (χ1) is 12.7. The maximum atomic E-state index is 12.7. The lowest BCUT2D eigenvalue weighted by Crippen LogP contribution is -2.14. The largest absolute Gasteiger partial charge is 0.481 e. The predicted octanol–water partition coefficient (Wildman–Crippen LogP) is 3.08. The van der Waals surface area contributed by atoms with E-state index in [1.165, 1.54) is 0 Å². The highest BCUT2D eigenvalue weighted by atomic mass is 16.5. The van der Waals surface area contributed by atoms with E-state index in [1.807, 2.05) is 48.5 Å². The molecule has 7 heteroatoms. The van der Waals surface area contributed by atoms with Gasteiger partial charge in [-0.2, -0.15) is 0 Å². The number of rotatable bonds is 4. The van der Waals surface area contributed by atoms with E-state index in [9.17, 15) is 4.79 Å². The normalized spacial score (nSPS) is 10.7. The summed E-state index contributed by atoms with van der Waals surface area (Å²) in [7, 11) is 1.54. The minimum Gasteiger partial charge on any atom is -0.481 e. The summed E-state index contributed by atoms with van der Waals surface area (Å²) >= 11 is 0. The lowest BCUT2D eigenvalue weighted by molar-refractivity contribution is 0.102. The molecule has 128 valence electrons. The van der Waals surface area contributed by atoms with Gasteiger partial charge in [-0.3, -0.25) is 9.36 Å². The van der Waals surface area contributed by atoms with Crippen LogP contribution in [0.15, 0.2) is 67.3 Å². The quantitative estimate of drug-likeness (QED) is 0.615. The number of carbonyl (C=O) groups is 1. The van der Waals surface area contributed by atoms with Gasteiger partial charge in [0.05, 0.1) is 12.8 Å². The average molecular weight is 345 g/mol. The van der Waals surface area contributed by atoms with Gasteiger partial charge in [0.2, 0.25) is 5.88 Å². The molecule has 0 spiro atoms. The molecule has 0 radical (unpaired) electrons. The second-order valence-corrected chi connectivity index (χ2v) is 5.61. The Morgan fingerprint density at radius 3 is 2.65 bits per heavy atom. The number of nitrogens with zero attached hydrogens (tertiary/aromatic N) is 4. The van der Waals surface area contributed by atoms with Crippen LogP contribution in [0.25, 0.3) is 16.5 Å². The molecule has 1 N–H and O–H groups in total. The maximum absolute atomic E-state index is 12.7.